The molecule has 0 amide bonds. The van der Waals surface area contributed by atoms with Gasteiger partial charge in [-0.05, 0) is 47.0 Å². The number of rotatable bonds is 5. The average molecular weight is 314 g/mol. The Morgan fingerprint density at radius 1 is 1.26 bits per heavy atom. The molecule has 2 fully saturated rings. The number of Topliss-reactive ketones (excluding diaryl/α,β-unsaturated/α-hetero) is 1. The molecule has 2 saturated carbocycles. The first kappa shape index (κ1) is 16.4. The fourth-order valence-electron chi connectivity index (χ4n) is 4.24. The van der Waals surface area contributed by atoms with E-state index < -0.39 is 0 Å². The Morgan fingerprint density at radius 2 is 1.96 bits per heavy atom. The molecule has 23 heavy (non-hydrogen) atoms. The van der Waals surface area contributed by atoms with E-state index in [1.54, 1.807) is 0 Å². The number of allylic oxidation sites excluding steroid dienone is 1. The minimum absolute atomic E-state index is 0.0439. The molecule has 1 N–H and O–H groups in total. The van der Waals surface area contributed by atoms with Crippen molar-refractivity contribution in [3.8, 4) is 0 Å². The van der Waals surface area contributed by atoms with E-state index in [1.165, 1.54) is 0 Å². The van der Waals surface area contributed by atoms with Crippen molar-refractivity contribution in [1.29, 1.82) is 0 Å². The number of carbonyl (C=O) groups is 1. The van der Waals surface area contributed by atoms with Gasteiger partial charge in [-0.3, -0.25) is 4.79 Å². The van der Waals surface area contributed by atoms with Gasteiger partial charge < -0.3 is 9.84 Å². The zero-order chi connectivity index (χ0) is 16.7. The second-order valence-electron chi connectivity index (χ2n) is 7.59. The number of aliphatic hydroxyl groups excluding tert-OH is 1. The van der Waals surface area contributed by atoms with E-state index >= 15 is 0 Å². The summed E-state index contributed by atoms with van der Waals surface area (Å²) in [6.07, 6.45) is 4.22. The second-order valence-corrected chi connectivity index (χ2v) is 7.59. The highest BCUT2D eigenvalue weighted by atomic mass is 16.5. The molecule has 124 valence electrons. The smallest absolute Gasteiger partial charge is 0.165 e. The molecule has 3 nitrogen and oxygen atoms in total. The number of carbonyl (C=O) groups excluding carboxylic acids is 1. The Kier molecular flexibility index (Phi) is 4.19. The van der Waals surface area contributed by atoms with Crippen LogP contribution in [0.1, 0.15) is 44.7 Å². The molecule has 2 atom stereocenters. The summed E-state index contributed by atoms with van der Waals surface area (Å²) in [5.41, 5.74) is 3.03. The van der Waals surface area contributed by atoms with Crippen molar-refractivity contribution < 1.29 is 14.6 Å². The minimum Gasteiger partial charge on any atom is -0.394 e. The molecule has 0 spiro atoms. The molecule has 0 aliphatic heterocycles. The number of aliphatic hydroxyl groups is 1. The molecule has 0 saturated heterocycles. The van der Waals surface area contributed by atoms with Crippen molar-refractivity contribution in [2.45, 2.75) is 40.2 Å². The van der Waals surface area contributed by atoms with Crippen LogP contribution < -0.4 is 0 Å². The quantitative estimate of drug-likeness (QED) is 0.667. The summed E-state index contributed by atoms with van der Waals surface area (Å²) in [7, 11) is 0. The first-order chi connectivity index (χ1) is 10.9. The van der Waals surface area contributed by atoms with Crippen molar-refractivity contribution in [1.82, 2.24) is 0 Å². The average Bonchev–Trinajstić information content (AvgIpc) is 2.83. The Bertz CT molecular complexity index is 627. The molecule has 3 rings (SSSR count). The summed E-state index contributed by atoms with van der Waals surface area (Å²) in [5, 5.41) is 8.72. The van der Waals surface area contributed by atoms with E-state index in [1.807, 2.05) is 24.3 Å². The van der Waals surface area contributed by atoms with Gasteiger partial charge in [0.1, 0.15) is 0 Å². The predicted molar refractivity (Wildman–Crippen MR) is 90.8 cm³/mol. The molecule has 2 bridgehead atoms. The number of ether oxygens (including phenoxy) is 1. The number of fused-ring (bicyclic) bond motifs is 2. The molecular formula is C20H26O3. The lowest BCUT2D eigenvalue weighted by molar-refractivity contribution is -0.125. The molecule has 0 heterocycles. The topological polar surface area (TPSA) is 46.5 Å². The third-order valence-corrected chi connectivity index (χ3v) is 6.17. The van der Waals surface area contributed by atoms with E-state index in [0.717, 1.165) is 29.5 Å². The zero-order valence-electron chi connectivity index (χ0n) is 14.3. The van der Waals surface area contributed by atoms with Crippen LogP contribution in [0.2, 0.25) is 0 Å². The first-order valence-corrected chi connectivity index (χ1v) is 8.44. The molecule has 1 aromatic rings. The molecule has 0 radical (unpaired) electrons. The Hall–Kier alpha value is -1.45. The second kappa shape index (κ2) is 5.88. The van der Waals surface area contributed by atoms with Gasteiger partial charge in [-0.1, -0.05) is 45.0 Å². The van der Waals surface area contributed by atoms with Crippen molar-refractivity contribution >= 4 is 11.9 Å². The van der Waals surface area contributed by atoms with Crippen LogP contribution in [0.3, 0.4) is 0 Å². The normalized spacial score (nSPS) is 30.3. The van der Waals surface area contributed by atoms with Gasteiger partial charge in [0.05, 0.1) is 19.8 Å². The third kappa shape index (κ3) is 2.56. The van der Waals surface area contributed by atoms with Gasteiger partial charge in [0.15, 0.2) is 5.78 Å². The monoisotopic (exact) mass is 314 g/mol. The van der Waals surface area contributed by atoms with Crippen LogP contribution in [0.4, 0.5) is 0 Å². The highest BCUT2D eigenvalue weighted by Gasteiger charge is 2.63. The van der Waals surface area contributed by atoms with Crippen molar-refractivity contribution in [2.75, 3.05) is 13.2 Å². The fourth-order valence-corrected chi connectivity index (χ4v) is 4.24. The maximum Gasteiger partial charge on any atom is 0.165 e. The highest BCUT2D eigenvalue weighted by Crippen LogP contribution is 2.65. The van der Waals surface area contributed by atoms with Gasteiger partial charge in [-0.15, -0.1) is 0 Å². The Balaban J connectivity index is 1.79. The number of benzene rings is 1. The molecule has 2 aliphatic carbocycles. The molecule has 2 unspecified atom stereocenters. The van der Waals surface area contributed by atoms with E-state index in [4.69, 9.17) is 9.84 Å². The number of ketones is 1. The first-order valence-electron chi connectivity index (χ1n) is 8.44. The number of hydrogen-bond donors (Lipinski definition) is 1. The van der Waals surface area contributed by atoms with Crippen LogP contribution in [0.15, 0.2) is 29.8 Å². The zero-order valence-corrected chi connectivity index (χ0v) is 14.3. The SMILES string of the molecule is CC12CCC(C(=Cc3ccc(COCCO)cc3)C1=O)C2(C)C. The summed E-state index contributed by atoms with van der Waals surface area (Å²) in [5.74, 6) is 0.724. The summed E-state index contributed by atoms with van der Waals surface area (Å²) in [4.78, 5) is 12.8. The van der Waals surface area contributed by atoms with E-state index in [2.05, 4.69) is 26.8 Å². The van der Waals surface area contributed by atoms with E-state index in [0.29, 0.717) is 24.9 Å². The Labute approximate surface area is 138 Å². The summed E-state index contributed by atoms with van der Waals surface area (Å²) >= 11 is 0. The van der Waals surface area contributed by atoms with Gasteiger partial charge in [0, 0.05) is 5.41 Å². The van der Waals surface area contributed by atoms with Crippen molar-refractivity contribution in [3.05, 3.63) is 41.0 Å². The van der Waals surface area contributed by atoms with Crippen molar-refractivity contribution in [2.24, 2.45) is 16.7 Å². The molecule has 0 aromatic heterocycles. The van der Waals surface area contributed by atoms with Crippen LogP contribution in [0.25, 0.3) is 6.08 Å². The summed E-state index contributed by atoms with van der Waals surface area (Å²) < 4.78 is 5.32. The summed E-state index contributed by atoms with van der Waals surface area (Å²) in [6.45, 7) is 7.52. The fraction of sp³-hybridized carbons (Fsp3) is 0.550. The summed E-state index contributed by atoms with van der Waals surface area (Å²) in [6, 6.07) is 8.13. The lowest BCUT2D eigenvalue weighted by Crippen LogP contribution is -2.32. The molecular weight excluding hydrogens is 288 g/mol. The standard InChI is InChI=1S/C20H26O3/c1-19(2)17-8-9-20(19,3)18(22)16(17)12-14-4-6-15(7-5-14)13-23-11-10-21/h4-7,12,17,21H,8-11,13H2,1-3H3. The van der Waals surface area contributed by atoms with Gasteiger partial charge in [0.25, 0.3) is 0 Å². The lowest BCUT2D eigenvalue weighted by atomic mass is 9.70. The third-order valence-electron chi connectivity index (χ3n) is 6.17. The van der Waals surface area contributed by atoms with Crippen LogP contribution in [0.5, 0.6) is 0 Å². The minimum atomic E-state index is -0.193. The van der Waals surface area contributed by atoms with Crippen LogP contribution >= 0.6 is 0 Å². The van der Waals surface area contributed by atoms with Gasteiger partial charge in [0.2, 0.25) is 0 Å². The largest absolute Gasteiger partial charge is 0.394 e. The number of hydrogen-bond acceptors (Lipinski definition) is 3. The van der Waals surface area contributed by atoms with Crippen LogP contribution in [0, 0.1) is 16.7 Å². The van der Waals surface area contributed by atoms with E-state index in [-0.39, 0.29) is 17.4 Å². The molecule has 2 aliphatic rings. The maximum absolute atomic E-state index is 12.8. The maximum atomic E-state index is 12.8. The molecule has 3 heteroatoms. The van der Waals surface area contributed by atoms with Crippen molar-refractivity contribution in [3.63, 3.8) is 0 Å². The lowest BCUT2D eigenvalue weighted by Gasteiger charge is -2.31. The van der Waals surface area contributed by atoms with Crippen LogP contribution in [-0.4, -0.2) is 24.1 Å². The van der Waals surface area contributed by atoms with Crippen LogP contribution in [-0.2, 0) is 16.1 Å². The highest BCUT2D eigenvalue weighted by molar-refractivity contribution is 6.07. The predicted octanol–water partition coefficient (Wildman–Crippen LogP) is 3.60. The molecule has 1 aromatic carbocycles. The van der Waals surface area contributed by atoms with Gasteiger partial charge in [-0.25, -0.2) is 0 Å². The van der Waals surface area contributed by atoms with Gasteiger partial charge >= 0.3 is 0 Å². The van der Waals surface area contributed by atoms with E-state index in [9.17, 15) is 4.79 Å². The van der Waals surface area contributed by atoms with Gasteiger partial charge in [-0.2, -0.15) is 0 Å². The Morgan fingerprint density at radius 3 is 2.52 bits per heavy atom.